The number of amides is 1. The number of nitrogens with zero attached hydrogens (tertiary/aromatic N) is 3. The zero-order valence-electron chi connectivity index (χ0n) is 19.9. The summed E-state index contributed by atoms with van der Waals surface area (Å²) in [6.07, 6.45) is 1.99. The monoisotopic (exact) mass is 453 g/mol. The molecule has 0 aliphatic carbocycles. The van der Waals surface area contributed by atoms with Gasteiger partial charge in [0.15, 0.2) is 0 Å². The smallest absolute Gasteiger partial charge is 0.410 e. The first-order valence-electron chi connectivity index (χ1n) is 12.2. The Hall–Kier alpha value is -3.31. The Labute approximate surface area is 201 Å². The minimum absolute atomic E-state index is 0.00530. The highest BCUT2D eigenvalue weighted by molar-refractivity contribution is 5.73. The van der Waals surface area contributed by atoms with E-state index in [0.717, 1.165) is 25.9 Å². The summed E-state index contributed by atoms with van der Waals surface area (Å²) in [5.74, 6) is 0.638. The van der Waals surface area contributed by atoms with Gasteiger partial charge in [-0.25, -0.2) is 4.79 Å². The molecule has 0 N–H and O–H groups in total. The van der Waals surface area contributed by atoms with E-state index in [4.69, 9.17) is 4.74 Å². The number of fused-ring (bicyclic) bond motifs is 4. The molecule has 0 unspecified atom stereocenters. The third-order valence-corrected chi connectivity index (χ3v) is 7.99. The lowest BCUT2D eigenvalue weighted by molar-refractivity contribution is 0.147. The number of hydrogen-bond donors (Lipinski definition) is 0. The summed E-state index contributed by atoms with van der Waals surface area (Å²) in [6.45, 7) is 5.65. The molecule has 0 saturated carbocycles. The van der Waals surface area contributed by atoms with Crippen molar-refractivity contribution in [2.24, 2.45) is 0 Å². The van der Waals surface area contributed by atoms with Crippen LogP contribution in [0.15, 0.2) is 72.8 Å². The zero-order valence-corrected chi connectivity index (χ0v) is 19.9. The van der Waals surface area contributed by atoms with Crippen molar-refractivity contribution in [3.8, 4) is 5.75 Å². The maximum atomic E-state index is 13.0. The topological polar surface area (TPSA) is 36.0 Å². The maximum Gasteiger partial charge on any atom is 0.415 e. The van der Waals surface area contributed by atoms with E-state index in [1.54, 1.807) is 0 Å². The molecule has 3 aromatic carbocycles. The summed E-state index contributed by atoms with van der Waals surface area (Å²) in [7, 11) is 2.19. The Bertz CT molecular complexity index is 1230. The Morgan fingerprint density at radius 2 is 1.76 bits per heavy atom. The molecule has 1 amide bonds. The second-order valence-electron chi connectivity index (χ2n) is 10.1. The molecule has 1 fully saturated rings. The molecule has 2 atom stereocenters. The van der Waals surface area contributed by atoms with Gasteiger partial charge in [0.1, 0.15) is 5.75 Å². The lowest BCUT2D eigenvalue weighted by Gasteiger charge is -2.34. The van der Waals surface area contributed by atoms with E-state index in [1.807, 2.05) is 17.0 Å². The number of carbonyl (C=O) groups is 1. The van der Waals surface area contributed by atoms with Crippen LogP contribution in [0.2, 0.25) is 0 Å². The van der Waals surface area contributed by atoms with Crippen LogP contribution in [0, 0.1) is 0 Å². The number of benzene rings is 3. The van der Waals surface area contributed by atoms with Crippen LogP contribution < -0.4 is 9.64 Å². The highest BCUT2D eigenvalue weighted by Crippen LogP contribution is 2.52. The molecule has 3 aliphatic rings. The fourth-order valence-electron chi connectivity index (χ4n) is 6.25. The fraction of sp³-hybridized carbons (Fsp3) is 0.345. The SMILES string of the molecule is CN1c2ccc(OC(=O)N3CCc4ccccc4C3)cc2[C@]2(C)CCN(Cc3ccccc3)[C@H]12. The van der Waals surface area contributed by atoms with Gasteiger partial charge in [-0.1, -0.05) is 61.5 Å². The van der Waals surface area contributed by atoms with Crippen LogP contribution in [0.1, 0.15) is 35.6 Å². The first kappa shape index (κ1) is 21.2. The van der Waals surface area contributed by atoms with Crippen molar-refractivity contribution in [3.63, 3.8) is 0 Å². The molecule has 0 radical (unpaired) electrons. The standard InChI is InChI=1S/C29H31N3O2/c1-29-15-17-31(19-21-8-4-3-5-9-21)27(29)30(2)26-13-12-24(18-25(26)29)34-28(33)32-16-14-22-10-6-7-11-23(22)20-32/h3-13,18,27H,14-17,19-20H2,1-2H3/t27-,29-/m0/s1. The summed E-state index contributed by atoms with van der Waals surface area (Å²) in [5, 5.41) is 0. The van der Waals surface area contributed by atoms with Crippen LogP contribution in [0.4, 0.5) is 10.5 Å². The van der Waals surface area contributed by atoms with Crippen molar-refractivity contribution < 1.29 is 9.53 Å². The average molecular weight is 454 g/mol. The van der Waals surface area contributed by atoms with E-state index in [9.17, 15) is 4.79 Å². The Kier molecular flexibility index (Phi) is 5.10. The van der Waals surface area contributed by atoms with Crippen LogP contribution >= 0.6 is 0 Å². The van der Waals surface area contributed by atoms with Gasteiger partial charge in [0.25, 0.3) is 0 Å². The van der Waals surface area contributed by atoms with Crippen LogP contribution in [0.5, 0.6) is 5.75 Å². The van der Waals surface area contributed by atoms with Crippen molar-refractivity contribution in [2.45, 2.75) is 44.4 Å². The summed E-state index contributed by atoms with van der Waals surface area (Å²) >= 11 is 0. The number of rotatable bonds is 3. The number of ether oxygens (including phenoxy) is 1. The summed E-state index contributed by atoms with van der Waals surface area (Å²) in [5.41, 5.74) is 6.40. The molecular formula is C29H31N3O2. The number of likely N-dealkylation sites (N-methyl/N-ethyl adjacent to an activating group) is 1. The third kappa shape index (κ3) is 3.46. The molecule has 174 valence electrons. The first-order valence-corrected chi connectivity index (χ1v) is 12.2. The van der Waals surface area contributed by atoms with Crippen molar-refractivity contribution >= 4 is 11.8 Å². The Balaban J connectivity index is 1.21. The molecule has 5 nitrogen and oxygen atoms in total. The second kappa shape index (κ2) is 8.17. The Morgan fingerprint density at radius 3 is 2.59 bits per heavy atom. The van der Waals surface area contributed by atoms with Crippen molar-refractivity contribution in [1.82, 2.24) is 9.80 Å². The highest BCUT2D eigenvalue weighted by Gasteiger charge is 2.53. The zero-order chi connectivity index (χ0) is 23.3. The molecule has 0 bridgehead atoms. The molecule has 0 spiro atoms. The molecule has 5 heteroatoms. The fourth-order valence-corrected chi connectivity index (χ4v) is 6.25. The van der Waals surface area contributed by atoms with Gasteiger partial charge in [0.05, 0.1) is 6.17 Å². The van der Waals surface area contributed by atoms with E-state index >= 15 is 0 Å². The minimum atomic E-state index is -0.264. The molecule has 3 heterocycles. The van der Waals surface area contributed by atoms with E-state index in [1.165, 1.54) is 27.9 Å². The van der Waals surface area contributed by atoms with E-state index in [-0.39, 0.29) is 11.5 Å². The van der Waals surface area contributed by atoms with E-state index in [0.29, 0.717) is 25.0 Å². The van der Waals surface area contributed by atoms with Crippen LogP contribution in [-0.4, -0.2) is 42.2 Å². The largest absolute Gasteiger partial charge is 0.415 e. The average Bonchev–Trinajstić information content (AvgIpc) is 3.30. The summed E-state index contributed by atoms with van der Waals surface area (Å²) < 4.78 is 5.90. The third-order valence-electron chi connectivity index (χ3n) is 7.99. The summed E-state index contributed by atoms with van der Waals surface area (Å²) in [6, 6.07) is 25.2. The molecule has 6 rings (SSSR count). The van der Waals surface area contributed by atoms with Gasteiger partial charge in [-0.3, -0.25) is 4.90 Å². The summed E-state index contributed by atoms with van der Waals surface area (Å²) in [4.78, 5) is 19.8. The predicted molar refractivity (Wildman–Crippen MR) is 134 cm³/mol. The normalized spacial score (nSPS) is 23.4. The van der Waals surface area contributed by atoms with Gasteiger partial charge in [-0.2, -0.15) is 0 Å². The Morgan fingerprint density at radius 1 is 1.00 bits per heavy atom. The quantitative estimate of drug-likeness (QED) is 0.547. The van der Waals surface area contributed by atoms with Gasteiger partial charge in [0, 0.05) is 44.3 Å². The van der Waals surface area contributed by atoms with E-state index in [2.05, 4.69) is 84.4 Å². The molecular weight excluding hydrogens is 422 g/mol. The number of carbonyl (C=O) groups excluding carboxylic acids is 1. The minimum Gasteiger partial charge on any atom is -0.410 e. The van der Waals surface area contributed by atoms with Crippen LogP contribution in [0.3, 0.4) is 0 Å². The molecule has 0 aromatic heterocycles. The lowest BCUT2D eigenvalue weighted by Crippen LogP contribution is -2.46. The van der Waals surface area contributed by atoms with Gasteiger partial charge in [0.2, 0.25) is 0 Å². The van der Waals surface area contributed by atoms with Crippen molar-refractivity contribution in [2.75, 3.05) is 25.0 Å². The number of likely N-dealkylation sites (tertiary alicyclic amines) is 1. The number of hydrogen-bond acceptors (Lipinski definition) is 4. The van der Waals surface area contributed by atoms with Gasteiger partial charge < -0.3 is 14.5 Å². The van der Waals surface area contributed by atoms with E-state index < -0.39 is 0 Å². The highest BCUT2D eigenvalue weighted by atomic mass is 16.6. The second-order valence-corrected chi connectivity index (χ2v) is 10.1. The molecule has 3 aromatic rings. The predicted octanol–water partition coefficient (Wildman–Crippen LogP) is 5.18. The molecule has 1 saturated heterocycles. The number of anilines is 1. The molecule has 34 heavy (non-hydrogen) atoms. The van der Waals surface area contributed by atoms with Crippen LogP contribution in [-0.2, 0) is 24.9 Å². The molecule has 3 aliphatic heterocycles. The van der Waals surface area contributed by atoms with Crippen molar-refractivity contribution in [1.29, 1.82) is 0 Å². The maximum absolute atomic E-state index is 13.0. The van der Waals surface area contributed by atoms with Crippen LogP contribution in [0.25, 0.3) is 0 Å². The van der Waals surface area contributed by atoms with Gasteiger partial charge in [-0.05, 0) is 53.3 Å². The van der Waals surface area contributed by atoms with Gasteiger partial charge >= 0.3 is 6.09 Å². The lowest BCUT2D eigenvalue weighted by atomic mass is 9.81. The van der Waals surface area contributed by atoms with Crippen molar-refractivity contribution in [3.05, 3.63) is 95.1 Å². The first-order chi connectivity index (χ1) is 16.5. The van der Waals surface area contributed by atoms with Gasteiger partial charge in [-0.15, -0.1) is 0 Å².